The minimum atomic E-state index is -1.58. The van der Waals surface area contributed by atoms with Crippen LogP contribution in [0.25, 0.3) is 0 Å². The summed E-state index contributed by atoms with van der Waals surface area (Å²) in [6.07, 6.45) is -1.58. The summed E-state index contributed by atoms with van der Waals surface area (Å²) < 4.78 is 19.1. The van der Waals surface area contributed by atoms with Gasteiger partial charge in [0.25, 0.3) is 0 Å². The Morgan fingerprint density at radius 3 is 2.41 bits per heavy atom. The van der Waals surface area contributed by atoms with Gasteiger partial charge in [0, 0.05) is 11.3 Å². The second kappa shape index (κ2) is 7.62. The van der Waals surface area contributed by atoms with Crippen LogP contribution in [0.3, 0.4) is 0 Å². The first-order valence-electron chi connectivity index (χ1n) is 6.61. The number of alkyl halides is 1. The molecule has 1 atom stereocenters. The SMILES string of the molecule is COc1ccc(SC(=O)C(F)Cc2ccc(C#N)cc2)cc1. The Morgan fingerprint density at radius 2 is 1.86 bits per heavy atom. The van der Waals surface area contributed by atoms with Gasteiger partial charge in [-0.25, -0.2) is 4.39 Å². The molecule has 0 saturated carbocycles. The summed E-state index contributed by atoms with van der Waals surface area (Å²) in [7, 11) is 1.56. The van der Waals surface area contributed by atoms with Gasteiger partial charge >= 0.3 is 0 Å². The van der Waals surface area contributed by atoms with Crippen LogP contribution in [0, 0.1) is 11.3 Å². The van der Waals surface area contributed by atoms with Crippen molar-refractivity contribution in [2.45, 2.75) is 17.5 Å². The highest BCUT2D eigenvalue weighted by molar-refractivity contribution is 8.13. The fourth-order valence-corrected chi connectivity index (χ4v) is 2.55. The Balaban J connectivity index is 1.94. The standard InChI is InChI=1S/C17H14FNO2S/c1-21-14-6-8-15(9-7-14)22-17(20)16(18)10-12-2-4-13(11-19)5-3-12/h2-9,16H,10H2,1H3. The van der Waals surface area contributed by atoms with Gasteiger partial charge in [0.05, 0.1) is 18.7 Å². The maximum atomic E-state index is 14.0. The normalized spacial score (nSPS) is 11.5. The number of methoxy groups -OCH3 is 1. The van der Waals surface area contributed by atoms with Crippen LogP contribution < -0.4 is 4.74 Å². The Kier molecular flexibility index (Phi) is 5.56. The van der Waals surface area contributed by atoms with Crippen LogP contribution in [-0.2, 0) is 11.2 Å². The molecule has 0 amide bonds. The van der Waals surface area contributed by atoms with Crippen LogP contribution in [0.5, 0.6) is 5.75 Å². The van der Waals surface area contributed by atoms with E-state index in [2.05, 4.69) is 0 Å². The van der Waals surface area contributed by atoms with Gasteiger partial charge in [-0.05, 0) is 53.7 Å². The number of benzene rings is 2. The third kappa shape index (κ3) is 4.34. The molecule has 2 aromatic carbocycles. The van der Waals surface area contributed by atoms with Crippen molar-refractivity contribution in [1.82, 2.24) is 0 Å². The maximum Gasteiger partial charge on any atom is 0.228 e. The zero-order chi connectivity index (χ0) is 15.9. The van der Waals surface area contributed by atoms with Crippen molar-refractivity contribution in [3.05, 3.63) is 59.7 Å². The molecule has 0 radical (unpaired) electrons. The lowest BCUT2D eigenvalue weighted by atomic mass is 10.1. The van der Waals surface area contributed by atoms with Crippen molar-refractivity contribution in [2.24, 2.45) is 0 Å². The quantitative estimate of drug-likeness (QED) is 0.788. The molecular weight excluding hydrogens is 301 g/mol. The van der Waals surface area contributed by atoms with Crippen LogP contribution in [0.4, 0.5) is 4.39 Å². The molecular formula is C17H14FNO2S. The summed E-state index contributed by atoms with van der Waals surface area (Å²) >= 11 is 0.876. The van der Waals surface area contributed by atoms with Gasteiger partial charge in [0.1, 0.15) is 5.75 Å². The van der Waals surface area contributed by atoms with Gasteiger partial charge in [0.2, 0.25) is 5.12 Å². The molecule has 112 valence electrons. The van der Waals surface area contributed by atoms with Crippen LogP contribution in [0.2, 0.25) is 0 Å². The summed E-state index contributed by atoms with van der Waals surface area (Å²) in [6, 6.07) is 15.4. The summed E-state index contributed by atoms with van der Waals surface area (Å²) in [4.78, 5) is 12.6. The average Bonchev–Trinajstić information content (AvgIpc) is 2.56. The van der Waals surface area contributed by atoms with E-state index >= 15 is 0 Å². The van der Waals surface area contributed by atoms with Gasteiger partial charge in [0.15, 0.2) is 6.17 Å². The zero-order valence-corrected chi connectivity index (χ0v) is 12.8. The smallest absolute Gasteiger partial charge is 0.228 e. The van der Waals surface area contributed by atoms with E-state index < -0.39 is 11.3 Å². The van der Waals surface area contributed by atoms with E-state index in [1.54, 1.807) is 55.6 Å². The molecule has 0 aliphatic heterocycles. The minimum absolute atomic E-state index is 0.00764. The van der Waals surface area contributed by atoms with Crippen molar-refractivity contribution < 1.29 is 13.9 Å². The fraction of sp³-hybridized carbons (Fsp3) is 0.176. The van der Waals surface area contributed by atoms with Gasteiger partial charge in [-0.15, -0.1) is 0 Å². The molecule has 0 bridgehead atoms. The van der Waals surface area contributed by atoms with E-state index in [0.29, 0.717) is 21.8 Å². The Morgan fingerprint density at radius 1 is 1.23 bits per heavy atom. The summed E-state index contributed by atoms with van der Waals surface area (Å²) in [5.74, 6) is 0.686. The number of rotatable bonds is 5. The van der Waals surface area contributed by atoms with Crippen molar-refractivity contribution >= 4 is 16.9 Å². The Bertz CT molecular complexity index is 677. The molecule has 22 heavy (non-hydrogen) atoms. The molecule has 3 nitrogen and oxygen atoms in total. The molecule has 0 spiro atoms. The maximum absolute atomic E-state index is 14.0. The van der Waals surface area contributed by atoms with Gasteiger partial charge in [-0.3, -0.25) is 4.79 Å². The number of halogens is 1. The molecule has 0 aliphatic rings. The van der Waals surface area contributed by atoms with E-state index in [1.165, 1.54) is 0 Å². The highest BCUT2D eigenvalue weighted by atomic mass is 32.2. The number of hydrogen-bond acceptors (Lipinski definition) is 4. The van der Waals surface area contributed by atoms with Crippen molar-refractivity contribution in [1.29, 1.82) is 5.26 Å². The van der Waals surface area contributed by atoms with Gasteiger partial charge in [-0.2, -0.15) is 5.26 Å². The molecule has 0 aromatic heterocycles. The van der Waals surface area contributed by atoms with Crippen LogP contribution in [0.15, 0.2) is 53.4 Å². The summed E-state index contributed by atoms with van der Waals surface area (Å²) in [5.41, 5.74) is 1.20. The monoisotopic (exact) mass is 315 g/mol. The molecule has 0 N–H and O–H groups in total. The highest BCUT2D eigenvalue weighted by Gasteiger charge is 2.19. The van der Waals surface area contributed by atoms with E-state index in [-0.39, 0.29) is 6.42 Å². The van der Waals surface area contributed by atoms with E-state index in [4.69, 9.17) is 10.00 Å². The summed E-state index contributed by atoms with van der Waals surface area (Å²) in [5, 5.41) is 8.18. The first-order chi connectivity index (χ1) is 10.6. The second-order valence-electron chi connectivity index (χ2n) is 4.58. The fourth-order valence-electron chi connectivity index (χ4n) is 1.83. The molecule has 1 unspecified atom stereocenters. The number of hydrogen-bond donors (Lipinski definition) is 0. The largest absolute Gasteiger partial charge is 0.497 e. The Labute approximate surface area is 132 Å². The zero-order valence-electron chi connectivity index (χ0n) is 12.0. The molecule has 0 heterocycles. The number of nitrogens with zero attached hydrogens (tertiary/aromatic N) is 1. The average molecular weight is 315 g/mol. The predicted molar refractivity (Wildman–Crippen MR) is 83.6 cm³/mol. The van der Waals surface area contributed by atoms with Gasteiger partial charge in [-0.1, -0.05) is 12.1 Å². The first kappa shape index (κ1) is 16.1. The van der Waals surface area contributed by atoms with Crippen LogP contribution >= 0.6 is 11.8 Å². The third-order valence-electron chi connectivity index (χ3n) is 3.03. The lowest BCUT2D eigenvalue weighted by molar-refractivity contribution is -0.115. The van der Waals surface area contributed by atoms with Crippen molar-refractivity contribution in [3.63, 3.8) is 0 Å². The third-order valence-corrected chi connectivity index (χ3v) is 4.00. The number of carbonyl (C=O) groups is 1. The minimum Gasteiger partial charge on any atom is -0.497 e. The lowest BCUT2D eigenvalue weighted by Crippen LogP contribution is -2.14. The van der Waals surface area contributed by atoms with Crippen molar-refractivity contribution in [2.75, 3.05) is 7.11 Å². The highest BCUT2D eigenvalue weighted by Crippen LogP contribution is 2.25. The van der Waals surface area contributed by atoms with E-state index in [9.17, 15) is 9.18 Å². The van der Waals surface area contributed by atoms with E-state index in [0.717, 1.165) is 11.8 Å². The number of carbonyl (C=O) groups excluding carboxylic acids is 1. The lowest BCUT2D eigenvalue weighted by Gasteiger charge is -2.07. The van der Waals surface area contributed by atoms with Crippen LogP contribution in [-0.4, -0.2) is 18.4 Å². The molecule has 2 rings (SSSR count). The summed E-state index contributed by atoms with van der Waals surface area (Å²) in [6.45, 7) is 0. The molecule has 0 fully saturated rings. The number of ether oxygens (including phenoxy) is 1. The number of nitriles is 1. The number of thioether (sulfide) groups is 1. The topological polar surface area (TPSA) is 50.1 Å². The molecule has 0 saturated heterocycles. The first-order valence-corrected chi connectivity index (χ1v) is 7.43. The molecule has 5 heteroatoms. The molecule has 0 aliphatic carbocycles. The van der Waals surface area contributed by atoms with Crippen molar-refractivity contribution in [3.8, 4) is 11.8 Å². The predicted octanol–water partition coefficient (Wildman–Crippen LogP) is 3.77. The van der Waals surface area contributed by atoms with Gasteiger partial charge < -0.3 is 4.74 Å². The second-order valence-corrected chi connectivity index (χ2v) is 5.65. The Hall–Kier alpha value is -2.32. The van der Waals surface area contributed by atoms with E-state index in [1.807, 2.05) is 6.07 Å². The molecule has 2 aromatic rings. The van der Waals surface area contributed by atoms with Crippen LogP contribution in [0.1, 0.15) is 11.1 Å².